The zero-order chi connectivity index (χ0) is 16.7. The molecule has 0 aliphatic heterocycles. The van der Waals surface area contributed by atoms with Crippen LogP contribution in [0.3, 0.4) is 0 Å². The monoisotopic (exact) mass is 357 g/mol. The fourth-order valence-electron chi connectivity index (χ4n) is 3.28. The SMILES string of the molecule is [Si][Si][Si](Cc1ccccc1)(Cc1ccccc1)Cc1ccccc1. The van der Waals surface area contributed by atoms with Gasteiger partial charge in [0.15, 0.2) is 0 Å². The summed E-state index contributed by atoms with van der Waals surface area (Å²) >= 11 is 0. The molecule has 0 unspecified atom stereocenters. The highest BCUT2D eigenvalue weighted by molar-refractivity contribution is 7.39. The Labute approximate surface area is 151 Å². The van der Waals surface area contributed by atoms with Crippen molar-refractivity contribution in [3.8, 4) is 0 Å². The molecule has 0 aliphatic rings. The lowest BCUT2D eigenvalue weighted by atomic mass is 10.2. The Bertz CT molecular complexity index is 625. The van der Waals surface area contributed by atoms with Gasteiger partial charge in [0.2, 0.25) is 0 Å². The summed E-state index contributed by atoms with van der Waals surface area (Å²) in [4.78, 5) is 0. The van der Waals surface area contributed by atoms with Crippen LogP contribution in [-0.2, 0) is 18.1 Å². The van der Waals surface area contributed by atoms with E-state index in [1.165, 1.54) is 34.8 Å². The molecule has 0 amide bonds. The van der Waals surface area contributed by atoms with E-state index in [0.29, 0.717) is 0 Å². The summed E-state index contributed by atoms with van der Waals surface area (Å²) in [7, 11) is 3.28. The fraction of sp³-hybridized carbons (Fsp3) is 0.143. The Balaban J connectivity index is 1.91. The topological polar surface area (TPSA) is 0 Å². The van der Waals surface area contributed by atoms with E-state index in [4.69, 9.17) is 0 Å². The molecule has 0 aliphatic carbocycles. The first-order valence-corrected chi connectivity index (χ1v) is 14.5. The molecule has 0 spiro atoms. The maximum atomic E-state index is 3.99. The molecule has 0 N–H and O–H groups in total. The fourth-order valence-corrected chi connectivity index (χ4v) is 12.0. The Morgan fingerprint density at radius 2 is 0.833 bits per heavy atom. The first-order valence-electron chi connectivity index (χ1n) is 8.35. The molecule has 5 radical (unpaired) electrons. The largest absolute Gasteiger partial charge is 0.0622 e. The Morgan fingerprint density at radius 3 is 1.08 bits per heavy atom. The van der Waals surface area contributed by atoms with Gasteiger partial charge in [-0.25, -0.2) is 0 Å². The van der Waals surface area contributed by atoms with Crippen molar-refractivity contribution in [2.45, 2.75) is 18.1 Å². The van der Waals surface area contributed by atoms with Crippen LogP contribution in [0, 0.1) is 0 Å². The quantitative estimate of drug-likeness (QED) is 0.559. The molecule has 0 nitrogen and oxygen atoms in total. The highest BCUT2D eigenvalue weighted by atomic mass is 29.5. The number of rotatable bonds is 7. The van der Waals surface area contributed by atoms with E-state index < -0.39 is 7.59 Å². The van der Waals surface area contributed by atoms with Gasteiger partial charge in [-0.05, 0) is 18.1 Å². The molecule has 117 valence electrons. The molecule has 24 heavy (non-hydrogen) atoms. The van der Waals surface area contributed by atoms with Gasteiger partial charge in [0.05, 0.1) is 7.59 Å². The standard InChI is InChI=1S/C21H21Si3/c22-23-24(16-19-10-4-1-5-11-19,17-20-12-6-2-7-13-20)18-21-14-8-3-9-15-21/h1-15H,16-18H2. The molecule has 3 aromatic carbocycles. The van der Waals surface area contributed by atoms with Crippen molar-refractivity contribution in [3.63, 3.8) is 0 Å². The van der Waals surface area contributed by atoms with E-state index >= 15 is 0 Å². The zero-order valence-corrected chi connectivity index (χ0v) is 16.8. The summed E-state index contributed by atoms with van der Waals surface area (Å²) in [6.07, 6.45) is 0. The predicted molar refractivity (Wildman–Crippen MR) is 108 cm³/mol. The van der Waals surface area contributed by atoms with E-state index in [2.05, 4.69) is 101 Å². The Hall–Kier alpha value is -1.69. The molecular formula is C21H21Si3. The molecular weight excluding hydrogens is 336 g/mol. The molecule has 0 saturated carbocycles. The minimum Gasteiger partial charge on any atom is -0.0622 e. The van der Waals surface area contributed by atoms with Gasteiger partial charge in [-0.15, -0.1) is 0 Å². The van der Waals surface area contributed by atoms with Crippen LogP contribution in [-0.4, -0.2) is 25.9 Å². The normalized spacial score (nSPS) is 11.4. The third-order valence-electron chi connectivity index (χ3n) is 4.42. The molecule has 0 aromatic heterocycles. The van der Waals surface area contributed by atoms with Gasteiger partial charge in [-0.1, -0.05) is 108 Å². The van der Waals surface area contributed by atoms with Crippen molar-refractivity contribution < 1.29 is 0 Å². The molecule has 3 aromatic rings. The first-order chi connectivity index (χ1) is 11.8. The highest BCUT2D eigenvalue weighted by Crippen LogP contribution is 2.21. The van der Waals surface area contributed by atoms with Crippen LogP contribution < -0.4 is 0 Å². The average molecular weight is 358 g/mol. The van der Waals surface area contributed by atoms with E-state index in [1.54, 1.807) is 0 Å². The van der Waals surface area contributed by atoms with Crippen LogP contribution >= 0.6 is 0 Å². The second kappa shape index (κ2) is 8.42. The average Bonchev–Trinajstić information content (AvgIpc) is 2.64. The van der Waals surface area contributed by atoms with Gasteiger partial charge in [-0.2, -0.15) is 0 Å². The molecule has 0 atom stereocenters. The lowest BCUT2D eigenvalue weighted by Crippen LogP contribution is -2.50. The van der Waals surface area contributed by atoms with Crippen molar-refractivity contribution >= 4 is 25.9 Å². The summed E-state index contributed by atoms with van der Waals surface area (Å²) in [6.45, 7) is 0. The Morgan fingerprint density at radius 1 is 0.542 bits per heavy atom. The van der Waals surface area contributed by atoms with Gasteiger partial charge < -0.3 is 0 Å². The summed E-state index contributed by atoms with van der Waals surface area (Å²) < 4.78 is 0. The summed E-state index contributed by atoms with van der Waals surface area (Å²) in [5.41, 5.74) is 4.42. The second-order valence-corrected chi connectivity index (χ2v) is 16.4. The van der Waals surface area contributed by atoms with Crippen molar-refractivity contribution in [1.29, 1.82) is 0 Å². The van der Waals surface area contributed by atoms with E-state index in [-0.39, 0.29) is 0 Å². The van der Waals surface area contributed by atoms with Gasteiger partial charge in [0.1, 0.15) is 0 Å². The van der Waals surface area contributed by atoms with Crippen LogP contribution in [0.2, 0.25) is 0 Å². The molecule has 3 rings (SSSR count). The van der Waals surface area contributed by atoms with Gasteiger partial charge in [0, 0.05) is 18.3 Å². The van der Waals surface area contributed by atoms with E-state index in [0.717, 1.165) is 8.55 Å². The second-order valence-electron chi connectivity index (χ2n) is 6.39. The van der Waals surface area contributed by atoms with Crippen LogP contribution in [0.4, 0.5) is 0 Å². The van der Waals surface area contributed by atoms with E-state index in [9.17, 15) is 0 Å². The summed E-state index contributed by atoms with van der Waals surface area (Å²) in [5, 5.41) is 0. The van der Waals surface area contributed by atoms with Gasteiger partial charge >= 0.3 is 0 Å². The number of hydrogen-bond donors (Lipinski definition) is 0. The third kappa shape index (κ3) is 4.66. The predicted octanol–water partition coefficient (Wildman–Crippen LogP) is 4.07. The lowest BCUT2D eigenvalue weighted by molar-refractivity contribution is 1.17. The summed E-state index contributed by atoms with van der Waals surface area (Å²) in [5.74, 6) is 0. The minimum atomic E-state index is -1.55. The number of benzene rings is 3. The highest BCUT2D eigenvalue weighted by Gasteiger charge is 2.31. The number of hydrogen-bond acceptors (Lipinski definition) is 0. The van der Waals surface area contributed by atoms with Crippen molar-refractivity contribution in [2.24, 2.45) is 0 Å². The molecule has 3 heteroatoms. The zero-order valence-electron chi connectivity index (χ0n) is 13.8. The van der Waals surface area contributed by atoms with Crippen LogP contribution in [0.25, 0.3) is 0 Å². The summed E-state index contributed by atoms with van der Waals surface area (Å²) in [6, 6.07) is 36.7. The van der Waals surface area contributed by atoms with Gasteiger partial charge in [0.25, 0.3) is 0 Å². The van der Waals surface area contributed by atoms with E-state index in [1.807, 2.05) is 0 Å². The Kier molecular flexibility index (Phi) is 6.02. The first kappa shape index (κ1) is 17.1. The smallest absolute Gasteiger partial charge is 0.0511 e. The van der Waals surface area contributed by atoms with Crippen molar-refractivity contribution in [3.05, 3.63) is 108 Å². The van der Waals surface area contributed by atoms with Crippen LogP contribution in [0.1, 0.15) is 16.7 Å². The third-order valence-corrected chi connectivity index (χ3v) is 16.2. The van der Waals surface area contributed by atoms with Crippen molar-refractivity contribution in [1.82, 2.24) is 0 Å². The molecule has 0 fully saturated rings. The van der Waals surface area contributed by atoms with Crippen molar-refractivity contribution in [2.75, 3.05) is 0 Å². The molecule has 0 bridgehead atoms. The van der Waals surface area contributed by atoms with Gasteiger partial charge in [-0.3, -0.25) is 0 Å². The molecule has 0 heterocycles. The lowest BCUT2D eigenvalue weighted by Gasteiger charge is -2.31. The maximum absolute atomic E-state index is 3.99. The minimum absolute atomic E-state index is 0.840. The van der Waals surface area contributed by atoms with Crippen LogP contribution in [0.5, 0.6) is 0 Å². The van der Waals surface area contributed by atoms with Crippen LogP contribution in [0.15, 0.2) is 91.0 Å². The maximum Gasteiger partial charge on any atom is 0.0511 e. The molecule has 0 saturated heterocycles.